The third kappa shape index (κ3) is 3.45. The smallest absolute Gasteiger partial charge is 0.270 e. The molecule has 0 radical (unpaired) electrons. The first-order valence-electron chi connectivity index (χ1n) is 7.11. The number of anilines is 1. The zero-order valence-corrected chi connectivity index (χ0v) is 12.3. The molecule has 110 valence electrons. The van der Waals surface area contributed by atoms with E-state index < -0.39 is 0 Å². The predicted molar refractivity (Wildman–Crippen MR) is 77.2 cm³/mol. The minimum atomic E-state index is -0.147. The highest BCUT2D eigenvalue weighted by Gasteiger charge is 2.18. The zero-order valence-electron chi connectivity index (χ0n) is 12.3. The van der Waals surface area contributed by atoms with Gasteiger partial charge in [-0.1, -0.05) is 13.8 Å². The first kappa shape index (κ1) is 14.7. The number of nitrogens with one attached hydrogen (secondary N) is 1. The highest BCUT2D eigenvalue weighted by molar-refractivity contribution is 5.92. The third-order valence-electron chi connectivity index (χ3n) is 3.19. The molecule has 0 spiro atoms. The molecule has 1 fully saturated rings. The van der Waals surface area contributed by atoms with E-state index >= 15 is 0 Å². The molecule has 2 heterocycles. The number of hydrogen-bond acceptors (Lipinski definition) is 5. The van der Waals surface area contributed by atoms with Crippen LogP contribution in [0.1, 0.15) is 42.9 Å². The summed E-state index contributed by atoms with van der Waals surface area (Å²) in [5.41, 5.74) is 1.33. The largest absolute Gasteiger partial charge is 0.378 e. The van der Waals surface area contributed by atoms with Gasteiger partial charge in [-0.15, -0.1) is 0 Å². The summed E-state index contributed by atoms with van der Waals surface area (Å²) in [6.45, 7) is 9.47. The van der Waals surface area contributed by atoms with E-state index in [0.29, 0.717) is 31.4 Å². The SMILES string of the molecule is CCNC(=O)c1cc(C(C)C)nc(N2CCOCC2)n1. The lowest BCUT2D eigenvalue weighted by atomic mass is 10.1. The van der Waals surface area contributed by atoms with E-state index in [1.54, 1.807) is 6.07 Å². The number of nitrogens with zero attached hydrogens (tertiary/aromatic N) is 3. The average molecular weight is 278 g/mol. The number of carbonyl (C=O) groups is 1. The van der Waals surface area contributed by atoms with Gasteiger partial charge in [0.2, 0.25) is 5.95 Å². The first-order chi connectivity index (χ1) is 9.61. The maximum absolute atomic E-state index is 12.0. The van der Waals surface area contributed by atoms with Gasteiger partial charge in [0.1, 0.15) is 5.69 Å². The van der Waals surface area contributed by atoms with Crippen LogP contribution in [0.4, 0.5) is 5.95 Å². The lowest BCUT2D eigenvalue weighted by molar-refractivity contribution is 0.0950. The normalized spacial score (nSPS) is 15.5. The van der Waals surface area contributed by atoms with Crippen LogP contribution in [0.5, 0.6) is 0 Å². The molecule has 6 nitrogen and oxygen atoms in total. The fourth-order valence-corrected chi connectivity index (χ4v) is 2.02. The maximum Gasteiger partial charge on any atom is 0.270 e. The van der Waals surface area contributed by atoms with Crippen molar-refractivity contribution in [2.45, 2.75) is 26.7 Å². The molecule has 1 aliphatic heterocycles. The maximum atomic E-state index is 12.0. The number of ether oxygens (including phenoxy) is 1. The van der Waals surface area contributed by atoms with Crippen molar-refractivity contribution >= 4 is 11.9 Å². The summed E-state index contributed by atoms with van der Waals surface area (Å²) in [5.74, 6) is 0.734. The Hall–Kier alpha value is -1.69. The van der Waals surface area contributed by atoms with Gasteiger partial charge >= 0.3 is 0 Å². The first-order valence-corrected chi connectivity index (χ1v) is 7.11. The molecular formula is C14H22N4O2. The minimum absolute atomic E-state index is 0.147. The van der Waals surface area contributed by atoms with E-state index in [4.69, 9.17) is 4.74 Å². The van der Waals surface area contributed by atoms with E-state index in [1.807, 2.05) is 6.92 Å². The van der Waals surface area contributed by atoms with E-state index in [1.165, 1.54) is 0 Å². The van der Waals surface area contributed by atoms with Crippen LogP contribution in [-0.4, -0.2) is 48.7 Å². The van der Waals surface area contributed by atoms with Gasteiger partial charge in [-0.05, 0) is 18.9 Å². The monoisotopic (exact) mass is 278 g/mol. The molecule has 0 saturated carbocycles. The van der Waals surface area contributed by atoms with E-state index in [0.717, 1.165) is 18.8 Å². The van der Waals surface area contributed by atoms with Gasteiger partial charge in [-0.2, -0.15) is 0 Å². The van der Waals surface area contributed by atoms with E-state index in [9.17, 15) is 4.79 Å². The van der Waals surface area contributed by atoms with Gasteiger partial charge < -0.3 is 15.0 Å². The molecular weight excluding hydrogens is 256 g/mol. The Labute approximate surface area is 119 Å². The average Bonchev–Trinajstić information content (AvgIpc) is 2.48. The molecule has 20 heavy (non-hydrogen) atoms. The molecule has 1 aliphatic rings. The van der Waals surface area contributed by atoms with Crippen molar-refractivity contribution in [2.24, 2.45) is 0 Å². The second-order valence-electron chi connectivity index (χ2n) is 5.09. The Morgan fingerprint density at radius 1 is 1.40 bits per heavy atom. The summed E-state index contributed by atoms with van der Waals surface area (Å²) in [6.07, 6.45) is 0. The topological polar surface area (TPSA) is 67.4 Å². The Kier molecular flexibility index (Phi) is 4.89. The van der Waals surface area contributed by atoms with Crippen molar-refractivity contribution in [3.05, 3.63) is 17.5 Å². The van der Waals surface area contributed by atoms with Crippen LogP contribution in [-0.2, 0) is 4.74 Å². The molecule has 0 unspecified atom stereocenters. The molecule has 1 aromatic rings. The number of hydrogen-bond donors (Lipinski definition) is 1. The predicted octanol–water partition coefficient (Wildman–Crippen LogP) is 1.19. The van der Waals surface area contributed by atoms with Gasteiger partial charge in [0.15, 0.2) is 0 Å². The second-order valence-corrected chi connectivity index (χ2v) is 5.09. The van der Waals surface area contributed by atoms with Crippen LogP contribution in [0, 0.1) is 0 Å². The van der Waals surface area contributed by atoms with E-state index in [2.05, 4.69) is 34.0 Å². The van der Waals surface area contributed by atoms with Gasteiger partial charge in [0.25, 0.3) is 5.91 Å². The Morgan fingerprint density at radius 2 is 2.10 bits per heavy atom. The van der Waals surface area contributed by atoms with Crippen molar-refractivity contribution < 1.29 is 9.53 Å². The molecule has 1 N–H and O–H groups in total. The second kappa shape index (κ2) is 6.65. The molecule has 0 aromatic carbocycles. The number of aromatic nitrogens is 2. The minimum Gasteiger partial charge on any atom is -0.378 e. The standard InChI is InChI=1S/C14H22N4O2/c1-4-15-13(19)12-9-11(10(2)3)16-14(17-12)18-5-7-20-8-6-18/h9-10H,4-8H2,1-3H3,(H,15,19). The van der Waals surface area contributed by atoms with E-state index in [-0.39, 0.29) is 11.8 Å². The van der Waals surface area contributed by atoms with Crippen LogP contribution >= 0.6 is 0 Å². The van der Waals surface area contributed by atoms with Crippen molar-refractivity contribution in [1.29, 1.82) is 0 Å². The van der Waals surface area contributed by atoms with Crippen molar-refractivity contribution in [3.63, 3.8) is 0 Å². The molecule has 0 bridgehead atoms. The Morgan fingerprint density at radius 3 is 2.70 bits per heavy atom. The van der Waals surface area contributed by atoms with Crippen LogP contribution in [0.2, 0.25) is 0 Å². The van der Waals surface area contributed by atoms with Crippen molar-refractivity contribution in [2.75, 3.05) is 37.7 Å². The molecule has 1 aromatic heterocycles. The van der Waals surface area contributed by atoms with Crippen LogP contribution in [0.3, 0.4) is 0 Å². The summed E-state index contributed by atoms with van der Waals surface area (Å²) < 4.78 is 5.34. The van der Waals surface area contributed by atoms with Gasteiger partial charge in [0.05, 0.1) is 13.2 Å². The summed E-state index contributed by atoms with van der Waals surface area (Å²) in [4.78, 5) is 23.1. The van der Waals surface area contributed by atoms with Gasteiger partial charge in [0, 0.05) is 25.3 Å². The van der Waals surface area contributed by atoms with Gasteiger partial charge in [-0.3, -0.25) is 4.79 Å². The molecule has 2 rings (SSSR count). The lowest BCUT2D eigenvalue weighted by Crippen LogP contribution is -2.38. The van der Waals surface area contributed by atoms with Gasteiger partial charge in [-0.25, -0.2) is 9.97 Å². The highest BCUT2D eigenvalue weighted by atomic mass is 16.5. The molecule has 0 atom stereocenters. The lowest BCUT2D eigenvalue weighted by Gasteiger charge is -2.27. The van der Waals surface area contributed by atoms with Crippen LogP contribution < -0.4 is 10.2 Å². The molecule has 1 amide bonds. The third-order valence-corrected chi connectivity index (χ3v) is 3.19. The summed E-state index contributed by atoms with van der Waals surface area (Å²) in [7, 11) is 0. The fourth-order valence-electron chi connectivity index (χ4n) is 2.02. The zero-order chi connectivity index (χ0) is 14.5. The number of amides is 1. The highest BCUT2D eigenvalue weighted by Crippen LogP contribution is 2.18. The summed E-state index contributed by atoms with van der Waals surface area (Å²) in [6, 6.07) is 1.78. The van der Waals surface area contributed by atoms with Crippen molar-refractivity contribution in [3.8, 4) is 0 Å². The molecule has 1 saturated heterocycles. The molecule has 6 heteroatoms. The fraction of sp³-hybridized carbons (Fsp3) is 0.643. The number of carbonyl (C=O) groups excluding carboxylic acids is 1. The molecule has 0 aliphatic carbocycles. The Balaban J connectivity index is 2.32. The quantitative estimate of drug-likeness (QED) is 0.896. The number of morpholine rings is 1. The van der Waals surface area contributed by atoms with Crippen molar-refractivity contribution in [1.82, 2.24) is 15.3 Å². The summed E-state index contributed by atoms with van der Waals surface area (Å²) >= 11 is 0. The van der Waals surface area contributed by atoms with Crippen LogP contribution in [0.25, 0.3) is 0 Å². The Bertz CT molecular complexity index is 470. The number of rotatable bonds is 4. The van der Waals surface area contributed by atoms with Crippen LogP contribution in [0.15, 0.2) is 6.07 Å². The summed E-state index contributed by atoms with van der Waals surface area (Å²) in [5, 5.41) is 2.79.